The van der Waals surface area contributed by atoms with E-state index in [2.05, 4.69) is 11.8 Å². The predicted molar refractivity (Wildman–Crippen MR) is 43.0 cm³/mol. The molecule has 3 heteroatoms. The number of urea groups is 1. The molecule has 0 radical (unpaired) electrons. The van der Waals surface area contributed by atoms with Crippen molar-refractivity contribution in [2.24, 2.45) is 0 Å². The highest BCUT2D eigenvalue weighted by atomic mass is 16.2. The summed E-state index contributed by atoms with van der Waals surface area (Å²) in [6.07, 6.45) is 0.805. The van der Waals surface area contributed by atoms with Crippen LogP contribution >= 0.6 is 0 Å². The second kappa shape index (κ2) is 3.29. The van der Waals surface area contributed by atoms with Crippen LogP contribution in [0.25, 0.3) is 0 Å². The average Bonchev–Trinajstić information content (AvgIpc) is 2.05. The third kappa shape index (κ3) is 1.87. The van der Waals surface area contributed by atoms with Gasteiger partial charge in [-0.2, -0.15) is 0 Å². The molecule has 0 aromatic carbocycles. The highest BCUT2D eigenvalue weighted by Gasteiger charge is 2.14. The molecule has 2 amide bonds. The fraction of sp³-hybridized carbons (Fsp3) is 0.625. The molecular formula is C8H12N2O. The predicted octanol–water partition coefficient (Wildman–Crippen LogP) is 0.377. The van der Waals surface area contributed by atoms with Crippen LogP contribution in [0.1, 0.15) is 6.42 Å². The molecule has 0 fully saturated rings. The maximum Gasteiger partial charge on any atom is 0.320 e. The summed E-state index contributed by atoms with van der Waals surface area (Å²) in [6, 6.07) is 0.0546. The highest BCUT2D eigenvalue weighted by molar-refractivity contribution is 5.74. The van der Waals surface area contributed by atoms with Crippen LogP contribution in [0.3, 0.4) is 0 Å². The van der Waals surface area contributed by atoms with Crippen LogP contribution in [0.2, 0.25) is 0 Å². The zero-order chi connectivity index (χ0) is 8.27. The molecule has 0 spiro atoms. The molecule has 1 rings (SSSR count). The van der Waals surface area contributed by atoms with Crippen molar-refractivity contribution in [1.82, 2.24) is 9.80 Å². The van der Waals surface area contributed by atoms with Crippen LogP contribution in [0.4, 0.5) is 4.79 Å². The lowest BCUT2D eigenvalue weighted by Crippen LogP contribution is -2.40. The fourth-order valence-corrected chi connectivity index (χ4v) is 0.956. The Balaban J connectivity index is 2.50. The summed E-state index contributed by atoms with van der Waals surface area (Å²) in [4.78, 5) is 14.6. The van der Waals surface area contributed by atoms with Crippen molar-refractivity contribution >= 4 is 6.03 Å². The van der Waals surface area contributed by atoms with E-state index in [9.17, 15) is 4.79 Å². The summed E-state index contributed by atoms with van der Waals surface area (Å²) in [6.45, 7) is 1.35. The van der Waals surface area contributed by atoms with Gasteiger partial charge in [-0.25, -0.2) is 4.79 Å². The summed E-state index contributed by atoms with van der Waals surface area (Å²) < 4.78 is 0. The summed E-state index contributed by atoms with van der Waals surface area (Å²) >= 11 is 0. The van der Waals surface area contributed by atoms with Crippen molar-refractivity contribution in [2.75, 3.05) is 27.2 Å². The standard InChI is InChI=1S/C8H12N2O/c1-9(2)8(11)10-6-4-3-5-7-10/h4,6-7H2,1-2H3. The molecule has 11 heavy (non-hydrogen) atoms. The maximum absolute atomic E-state index is 11.3. The van der Waals surface area contributed by atoms with Gasteiger partial charge in [0.25, 0.3) is 0 Å². The van der Waals surface area contributed by atoms with Crippen molar-refractivity contribution in [3.05, 3.63) is 0 Å². The van der Waals surface area contributed by atoms with Crippen LogP contribution in [0.5, 0.6) is 0 Å². The number of hydrogen-bond donors (Lipinski definition) is 0. The Morgan fingerprint density at radius 1 is 1.45 bits per heavy atom. The summed E-state index contributed by atoms with van der Waals surface area (Å²) in [7, 11) is 3.51. The van der Waals surface area contributed by atoms with Crippen LogP contribution in [-0.4, -0.2) is 43.0 Å². The van der Waals surface area contributed by atoms with E-state index in [-0.39, 0.29) is 6.03 Å². The van der Waals surface area contributed by atoms with Crippen molar-refractivity contribution < 1.29 is 4.79 Å². The molecule has 0 unspecified atom stereocenters. The SMILES string of the molecule is CN(C)C(=O)N1CC#CCC1. The molecule has 0 aromatic rings. The van der Waals surface area contributed by atoms with Crippen molar-refractivity contribution in [3.8, 4) is 11.8 Å². The smallest absolute Gasteiger partial charge is 0.320 e. The van der Waals surface area contributed by atoms with E-state index in [0.717, 1.165) is 13.0 Å². The molecule has 0 aliphatic carbocycles. The summed E-state index contributed by atoms with van der Waals surface area (Å²) in [5.74, 6) is 5.85. The number of carbonyl (C=O) groups is 1. The molecule has 1 aliphatic heterocycles. The summed E-state index contributed by atoms with van der Waals surface area (Å²) in [5, 5.41) is 0. The van der Waals surface area contributed by atoms with E-state index >= 15 is 0 Å². The van der Waals surface area contributed by atoms with Gasteiger partial charge in [-0.05, 0) is 0 Å². The van der Waals surface area contributed by atoms with Gasteiger partial charge in [-0.3, -0.25) is 0 Å². The molecule has 0 N–H and O–H groups in total. The minimum Gasteiger partial charge on any atom is -0.331 e. The van der Waals surface area contributed by atoms with Crippen molar-refractivity contribution in [2.45, 2.75) is 6.42 Å². The first-order valence-electron chi connectivity index (χ1n) is 3.64. The van der Waals surface area contributed by atoms with Gasteiger partial charge in [0.2, 0.25) is 0 Å². The summed E-state index contributed by atoms with van der Waals surface area (Å²) in [5.41, 5.74) is 0. The Kier molecular flexibility index (Phi) is 2.37. The van der Waals surface area contributed by atoms with Gasteiger partial charge < -0.3 is 9.80 Å². The lowest BCUT2D eigenvalue weighted by molar-refractivity contribution is 0.177. The van der Waals surface area contributed by atoms with Gasteiger partial charge in [0.1, 0.15) is 0 Å². The normalized spacial score (nSPS) is 15.3. The van der Waals surface area contributed by atoms with Gasteiger partial charge in [-0.15, -0.1) is 0 Å². The zero-order valence-corrected chi connectivity index (χ0v) is 6.92. The molecule has 0 aromatic heterocycles. The molecule has 1 aliphatic rings. The number of nitrogens with zero attached hydrogens (tertiary/aromatic N) is 2. The third-order valence-electron chi connectivity index (χ3n) is 1.55. The zero-order valence-electron chi connectivity index (χ0n) is 6.92. The van der Waals surface area contributed by atoms with Crippen molar-refractivity contribution in [1.29, 1.82) is 0 Å². The van der Waals surface area contributed by atoms with Crippen LogP contribution in [0, 0.1) is 11.8 Å². The molecule has 0 saturated heterocycles. The van der Waals surface area contributed by atoms with Crippen LogP contribution in [-0.2, 0) is 0 Å². The third-order valence-corrected chi connectivity index (χ3v) is 1.55. The average molecular weight is 152 g/mol. The second-order valence-corrected chi connectivity index (χ2v) is 2.70. The topological polar surface area (TPSA) is 23.6 Å². The van der Waals surface area contributed by atoms with Gasteiger partial charge >= 0.3 is 6.03 Å². The van der Waals surface area contributed by atoms with Gasteiger partial charge in [0, 0.05) is 27.1 Å². The van der Waals surface area contributed by atoms with E-state index < -0.39 is 0 Å². The largest absolute Gasteiger partial charge is 0.331 e. The lowest BCUT2D eigenvalue weighted by Gasteiger charge is -2.24. The van der Waals surface area contributed by atoms with Gasteiger partial charge in [0.15, 0.2) is 0 Å². The molecular weight excluding hydrogens is 140 g/mol. The number of rotatable bonds is 0. The van der Waals surface area contributed by atoms with Gasteiger partial charge in [-0.1, -0.05) is 11.8 Å². The van der Waals surface area contributed by atoms with E-state index in [4.69, 9.17) is 0 Å². The minimum atomic E-state index is 0.0546. The van der Waals surface area contributed by atoms with Gasteiger partial charge in [0.05, 0.1) is 6.54 Å². The fourth-order valence-electron chi connectivity index (χ4n) is 0.956. The molecule has 0 atom stereocenters. The first kappa shape index (κ1) is 7.93. The van der Waals surface area contributed by atoms with E-state index in [1.54, 1.807) is 23.9 Å². The quantitative estimate of drug-likeness (QED) is 0.460. The van der Waals surface area contributed by atoms with Crippen LogP contribution < -0.4 is 0 Å². The molecule has 3 nitrogen and oxygen atoms in total. The van der Waals surface area contributed by atoms with Crippen molar-refractivity contribution in [3.63, 3.8) is 0 Å². The maximum atomic E-state index is 11.3. The molecule has 1 heterocycles. The first-order valence-corrected chi connectivity index (χ1v) is 3.64. The monoisotopic (exact) mass is 152 g/mol. The van der Waals surface area contributed by atoms with E-state index in [1.165, 1.54) is 0 Å². The highest BCUT2D eigenvalue weighted by Crippen LogP contribution is 1.98. The minimum absolute atomic E-state index is 0.0546. The molecule has 0 saturated carbocycles. The Labute approximate surface area is 67.0 Å². The lowest BCUT2D eigenvalue weighted by atomic mass is 10.3. The van der Waals surface area contributed by atoms with E-state index in [0.29, 0.717) is 6.54 Å². The van der Waals surface area contributed by atoms with Crippen LogP contribution in [0.15, 0.2) is 0 Å². The Bertz CT molecular complexity index is 212. The number of carbonyl (C=O) groups excluding carboxylic acids is 1. The first-order chi connectivity index (χ1) is 5.22. The Hall–Kier alpha value is -1.17. The number of amides is 2. The Morgan fingerprint density at radius 2 is 2.18 bits per heavy atom. The molecule has 60 valence electrons. The van der Waals surface area contributed by atoms with E-state index in [1.807, 2.05) is 0 Å². The number of hydrogen-bond acceptors (Lipinski definition) is 1. The Morgan fingerprint density at radius 3 is 2.64 bits per heavy atom. The second-order valence-electron chi connectivity index (χ2n) is 2.70. The molecule has 0 bridgehead atoms.